The highest BCUT2D eigenvalue weighted by Crippen LogP contribution is 2.31. The second kappa shape index (κ2) is 5.99. The summed E-state index contributed by atoms with van der Waals surface area (Å²) in [5.74, 6) is -1.24. The molecule has 114 valence electrons. The fraction of sp³-hybridized carbons (Fsp3) is 0. The van der Waals surface area contributed by atoms with Crippen LogP contribution in [0.4, 0.5) is 8.78 Å². The van der Waals surface area contributed by atoms with Crippen LogP contribution >= 0.6 is 23.2 Å². The fourth-order valence-electron chi connectivity index (χ4n) is 2.21. The van der Waals surface area contributed by atoms with Crippen molar-refractivity contribution in [1.29, 1.82) is 5.26 Å². The first kappa shape index (κ1) is 15.5. The maximum absolute atomic E-state index is 14.3. The van der Waals surface area contributed by atoms with E-state index in [-0.39, 0.29) is 21.4 Å². The number of aromatic nitrogens is 2. The molecular formula is C16H7Cl2F2N3. The minimum absolute atomic E-state index is 0.0576. The smallest absolute Gasteiger partial charge is 0.166 e. The van der Waals surface area contributed by atoms with Crippen LogP contribution in [0.25, 0.3) is 16.9 Å². The van der Waals surface area contributed by atoms with Crippen molar-refractivity contribution in [2.24, 2.45) is 0 Å². The summed E-state index contributed by atoms with van der Waals surface area (Å²) < 4.78 is 29.0. The zero-order valence-corrected chi connectivity index (χ0v) is 12.9. The summed E-state index contributed by atoms with van der Waals surface area (Å²) in [4.78, 5) is 3.97. The number of benzene rings is 2. The summed E-state index contributed by atoms with van der Waals surface area (Å²) in [6.07, 6.45) is 1.31. The molecule has 2 aromatic carbocycles. The van der Waals surface area contributed by atoms with Crippen molar-refractivity contribution < 1.29 is 8.78 Å². The van der Waals surface area contributed by atoms with Gasteiger partial charge in [-0.25, -0.2) is 13.8 Å². The molecule has 0 bridgehead atoms. The first-order valence-corrected chi connectivity index (χ1v) is 7.15. The predicted molar refractivity (Wildman–Crippen MR) is 83.7 cm³/mol. The van der Waals surface area contributed by atoms with Gasteiger partial charge < -0.3 is 0 Å². The molecule has 0 atom stereocenters. The van der Waals surface area contributed by atoms with E-state index < -0.39 is 11.6 Å². The molecule has 0 N–H and O–H groups in total. The van der Waals surface area contributed by atoms with Gasteiger partial charge in [0.2, 0.25) is 0 Å². The standard InChI is InChI=1S/C16H7Cl2F2N3/c17-10-2-1-3-14(15(10)20)23-8-22-13(7-21)16(23)9-4-5-12(19)11(18)6-9/h1-6,8H. The zero-order chi connectivity index (χ0) is 16.6. The molecule has 1 aromatic heterocycles. The Balaban J connectivity index is 2.29. The first-order chi connectivity index (χ1) is 11.0. The van der Waals surface area contributed by atoms with E-state index in [1.807, 2.05) is 6.07 Å². The third-order valence-electron chi connectivity index (χ3n) is 3.26. The number of nitriles is 1. The highest BCUT2D eigenvalue weighted by Gasteiger charge is 2.18. The Kier molecular flexibility index (Phi) is 4.03. The average Bonchev–Trinajstić information content (AvgIpc) is 2.96. The van der Waals surface area contributed by atoms with Gasteiger partial charge in [0.25, 0.3) is 0 Å². The summed E-state index contributed by atoms with van der Waals surface area (Å²) in [5.41, 5.74) is 0.925. The van der Waals surface area contributed by atoms with E-state index in [1.54, 1.807) is 6.07 Å². The Morgan fingerprint density at radius 1 is 1.09 bits per heavy atom. The van der Waals surface area contributed by atoms with Crippen molar-refractivity contribution in [3.05, 3.63) is 70.1 Å². The van der Waals surface area contributed by atoms with Crippen LogP contribution in [0.3, 0.4) is 0 Å². The third-order valence-corrected chi connectivity index (χ3v) is 3.84. The first-order valence-electron chi connectivity index (χ1n) is 6.40. The van der Waals surface area contributed by atoms with Gasteiger partial charge in [-0.2, -0.15) is 5.26 Å². The fourth-order valence-corrected chi connectivity index (χ4v) is 2.56. The molecule has 0 aliphatic heterocycles. The Morgan fingerprint density at radius 3 is 2.57 bits per heavy atom. The molecule has 0 aliphatic carbocycles. The van der Waals surface area contributed by atoms with E-state index in [2.05, 4.69) is 4.98 Å². The lowest BCUT2D eigenvalue weighted by molar-refractivity contribution is 0.618. The Morgan fingerprint density at radius 2 is 1.87 bits per heavy atom. The lowest BCUT2D eigenvalue weighted by Crippen LogP contribution is -2.00. The number of nitrogens with zero attached hydrogens (tertiary/aromatic N) is 3. The molecular weight excluding hydrogens is 343 g/mol. The summed E-state index contributed by atoms with van der Waals surface area (Å²) in [6.45, 7) is 0. The van der Waals surface area contributed by atoms with Crippen LogP contribution in [0, 0.1) is 23.0 Å². The predicted octanol–water partition coefficient (Wildman–Crippen LogP) is 5.00. The van der Waals surface area contributed by atoms with Crippen molar-refractivity contribution in [2.75, 3.05) is 0 Å². The van der Waals surface area contributed by atoms with E-state index in [0.717, 1.165) is 0 Å². The molecule has 23 heavy (non-hydrogen) atoms. The van der Waals surface area contributed by atoms with E-state index in [0.29, 0.717) is 11.3 Å². The van der Waals surface area contributed by atoms with Gasteiger partial charge in [0.1, 0.15) is 18.2 Å². The normalized spacial score (nSPS) is 10.6. The molecule has 0 aliphatic rings. The number of hydrogen-bond acceptors (Lipinski definition) is 2. The number of halogens is 4. The highest BCUT2D eigenvalue weighted by atomic mass is 35.5. The minimum atomic E-state index is -0.648. The molecule has 7 heteroatoms. The van der Waals surface area contributed by atoms with Crippen molar-refractivity contribution in [1.82, 2.24) is 9.55 Å². The quantitative estimate of drug-likeness (QED) is 0.653. The summed E-state index contributed by atoms with van der Waals surface area (Å²) >= 11 is 11.6. The Labute approximate surface area is 140 Å². The molecule has 0 unspecified atom stereocenters. The molecule has 0 radical (unpaired) electrons. The number of imidazole rings is 1. The zero-order valence-electron chi connectivity index (χ0n) is 11.4. The highest BCUT2D eigenvalue weighted by molar-refractivity contribution is 6.31. The molecule has 0 spiro atoms. The van der Waals surface area contributed by atoms with E-state index >= 15 is 0 Å². The van der Waals surface area contributed by atoms with Crippen molar-refractivity contribution in [2.45, 2.75) is 0 Å². The van der Waals surface area contributed by atoms with Crippen molar-refractivity contribution in [3.8, 4) is 23.0 Å². The average molecular weight is 350 g/mol. The Bertz CT molecular complexity index is 945. The van der Waals surface area contributed by atoms with E-state index in [4.69, 9.17) is 23.2 Å². The van der Waals surface area contributed by atoms with Crippen LogP contribution in [0.1, 0.15) is 5.69 Å². The Hall–Kier alpha value is -2.42. The van der Waals surface area contributed by atoms with Crippen LogP contribution in [-0.4, -0.2) is 9.55 Å². The summed E-state index contributed by atoms with van der Waals surface area (Å²) in [5, 5.41) is 9.07. The minimum Gasteiger partial charge on any atom is -0.294 e. The van der Waals surface area contributed by atoms with Crippen molar-refractivity contribution >= 4 is 23.2 Å². The van der Waals surface area contributed by atoms with Gasteiger partial charge in [0.05, 0.1) is 21.4 Å². The van der Waals surface area contributed by atoms with Crippen molar-refractivity contribution in [3.63, 3.8) is 0 Å². The number of rotatable bonds is 2. The molecule has 0 fully saturated rings. The van der Waals surface area contributed by atoms with Gasteiger partial charge in [-0.15, -0.1) is 0 Å². The maximum Gasteiger partial charge on any atom is 0.166 e. The molecule has 1 heterocycles. The summed E-state index contributed by atoms with van der Waals surface area (Å²) in [6, 6.07) is 10.4. The van der Waals surface area contributed by atoms with Gasteiger partial charge in [-0.3, -0.25) is 4.57 Å². The van der Waals surface area contributed by atoms with E-state index in [1.165, 1.54) is 41.2 Å². The van der Waals surface area contributed by atoms with Gasteiger partial charge in [-0.1, -0.05) is 29.3 Å². The second-order valence-corrected chi connectivity index (χ2v) is 5.44. The van der Waals surface area contributed by atoms with Gasteiger partial charge in [0, 0.05) is 5.56 Å². The van der Waals surface area contributed by atoms with Gasteiger partial charge >= 0.3 is 0 Å². The molecule has 3 aromatic rings. The lowest BCUT2D eigenvalue weighted by Gasteiger charge is -2.11. The molecule has 3 rings (SSSR count). The van der Waals surface area contributed by atoms with Crippen LogP contribution in [0.2, 0.25) is 10.0 Å². The lowest BCUT2D eigenvalue weighted by atomic mass is 10.1. The monoisotopic (exact) mass is 349 g/mol. The van der Waals surface area contributed by atoms with E-state index in [9.17, 15) is 14.0 Å². The molecule has 3 nitrogen and oxygen atoms in total. The second-order valence-electron chi connectivity index (χ2n) is 4.63. The van der Waals surface area contributed by atoms with Gasteiger partial charge in [0.15, 0.2) is 11.5 Å². The summed E-state index contributed by atoms with van der Waals surface area (Å²) in [7, 11) is 0. The molecule has 0 saturated heterocycles. The van der Waals surface area contributed by atoms with Crippen LogP contribution in [-0.2, 0) is 0 Å². The van der Waals surface area contributed by atoms with Crippen LogP contribution < -0.4 is 0 Å². The third kappa shape index (κ3) is 2.67. The van der Waals surface area contributed by atoms with Gasteiger partial charge in [-0.05, 0) is 30.3 Å². The largest absolute Gasteiger partial charge is 0.294 e. The van der Waals surface area contributed by atoms with Crippen LogP contribution in [0.5, 0.6) is 0 Å². The SMILES string of the molecule is N#Cc1ncn(-c2cccc(Cl)c2F)c1-c1ccc(F)c(Cl)c1. The topological polar surface area (TPSA) is 41.6 Å². The van der Waals surface area contributed by atoms with Crippen LogP contribution in [0.15, 0.2) is 42.7 Å². The maximum atomic E-state index is 14.3. The molecule has 0 amide bonds. The number of hydrogen-bond donors (Lipinski definition) is 0. The molecule has 0 saturated carbocycles.